The van der Waals surface area contributed by atoms with E-state index in [0.717, 1.165) is 30.0 Å². The Morgan fingerprint density at radius 3 is 2.78 bits per heavy atom. The first-order valence-electron chi connectivity index (χ1n) is 4.10. The van der Waals surface area contributed by atoms with Gasteiger partial charge in [0.1, 0.15) is 0 Å². The monoisotopic (exact) mass is 122 g/mol. The first-order chi connectivity index (χ1) is 4.45. The molecule has 1 aliphatic heterocycles. The maximum absolute atomic E-state index is 5.48. The van der Waals surface area contributed by atoms with Crippen LogP contribution in [0, 0.1) is 23.7 Å². The van der Waals surface area contributed by atoms with Crippen molar-refractivity contribution in [3.05, 3.63) is 0 Å². The first kappa shape index (κ1) is 3.97. The number of hydrogen-bond acceptors (Lipinski definition) is 1. The van der Waals surface area contributed by atoms with E-state index in [2.05, 4.69) is 0 Å². The molecular weight excluding hydrogens is 112 g/mol. The molecule has 4 rings (SSSR count). The van der Waals surface area contributed by atoms with Crippen molar-refractivity contribution in [3.63, 3.8) is 0 Å². The minimum atomic E-state index is 0.743. The van der Waals surface area contributed by atoms with Crippen LogP contribution < -0.4 is 0 Å². The molecule has 0 aromatic heterocycles. The summed E-state index contributed by atoms with van der Waals surface area (Å²) in [6.45, 7) is 0. The molecule has 1 heterocycles. The molecular formula is C8H10O. The van der Waals surface area contributed by atoms with Gasteiger partial charge in [-0.2, -0.15) is 0 Å². The van der Waals surface area contributed by atoms with Crippen molar-refractivity contribution >= 4 is 0 Å². The van der Waals surface area contributed by atoms with Gasteiger partial charge in [-0.1, -0.05) is 0 Å². The van der Waals surface area contributed by atoms with Crippen molar-refractivity contribution in [1.29, 1.82) is 0 Å². The summed E-state index contributed by atoms with van der Waals surface area (Å²) in [6.07, 6.45) is 4.49. The molecule has 0 N–H and O–H groups in total. The third-order valence-corrected chi connectivity index (χ3v) is 3.94. The van der Waals surface area contributed by atoms with Crippen LogP contribution in [0.1, 0.15) is 12.8 Å². The molecule has 1 saturated heterocycles. The van der Waals surface area contributed by atoms with Crippen LogP contribution >= 0.6 is 0 Å². The van der Waals surface area contributed by atoms with Crippen molar-refractivity contribution < 1.29 is 4.74 Å². The van der Waals surface area contributed by atoms with Crippen LogP contribution in [-0.2, 0) is 4.74 Å². The second-order valence-electron chi connectivity index (χ2n) is 4.18. The Morgan fingerprint density at radius 2 is 1.89 bits per heavy atom. The van der Waals surface area contributed by atoms with E-state index in [4.69, 9.17) is 4.74 Å². The molecule has 4 fully saturated rings. The Bertz CT molecular complexity index is 189. The van der Waals surface area contributed by atoms with Gasteiger partial charge in [-0.15, -0.1) is 0 Å². The molecule has 0 aromatic rings. The van der Waals surface area contributed by atoms with Crippen molar-refractivity contribution in [2.75, 3.05) is 0 Å². The lowest BCUT2D eigenvalue weighted by Gasteiger charge is -2.30. The van der Waals surface area contributed by atoms with Crippen LogP contribution in [0.4, 0.5) is 0 Å². The zero-order chi connectivity index (χ0) is 5.59. The van der Waals surface area contributed by atoms with Gasteiger partial charge in [-0.3, -0.25) is 0 Å². The van der Waals surface area contributed by atoms with Gasteiger partial charge in [0.25, 0.3) is 0 Å². The van der Waals surface area contributed by atoms with Gasteiger partial charge in [-0.05, 0) is 36.5 Å². The van der Waals surface area contributed by atoms with E-state index in [0.29, 0.717) is 0 Å². The van der Waals surface area contributed by atoms with Crippen LogP contribution in [0.3, 0.4) is 0 Å². The number of fused-ring (bicyclic) bond motifs is 6. The van der Waals surface area contributed by atoms with Crippen molar-refractivity contribution in [1.82, 2.24) is 0 Å². The van der Waals surface area contributed by atoms with E-state index in [9.17, 15) is 0 Å². The largest absolute Gasteiger partial charge is 0.369 e. The quantitative estimate of drug-likeness (QED) is 0.437. The van der Waals surface area contributed by atoms with Crippen molar-refractivity contribution in [3.8, 4) is 0 Å². The van der Waals surface area contributed by atoms with Crippen molar-refractivity contribution in [2.45, 2.75) is 25.0 Å². The number of epoxide rings is 1. The fourth-order valence-electron chi connectivity index (χ4n) is 3.40. The highest BCUT2D eigenvalue weighted by molar-refractivity contribution is 5.20. The number of rotatable bonds is 0. The van der Waals surface area contributed by atoms with E-state index in [1.165, 1.54) is 12.3 Å². The molecule has 0 bridgehead atoms. The van der Waals surface area contributed by atoms with E-state index in [1.807, 2.05) is 0 Å². The standard InChI is InChI=1S/C8H10O/c1-3-4(1)7-5(3)2-6-8(7)9-6/h3-8H,1-2H2. The molecule has 9 heavy (non-hydrogen) atoms. The van der Waals surface area contributed by atoms with Gasteiger partial charge in [0.2, 0.25) is 0 Å². The SMILES string of the molecule is C1C2OC2C2C1C1CC12. The topological polar surface area (TPSA) is 12.5 Å². The van der Waals surface area contributed by atoms with Crippen LogP contribution in [0.25, 0.3) is 0 Å². The van der Waals surface area contributed by atoms with Gasteiger partial charge in [0, 0.05) is 0 Å². The molecule has 6 atom stereocenters. The average molecular weight is 122 g/mol. The molecule has 48 valence electrons. The summed E-state index contributed by atoms with van der Waals surface area (Å²) in [6, 6.07) is 0. The highest BCUT2D eigenvalue weighted by atomic mass is 16.6. The smallest absolute Gasteiger partial charge is 0.0875 e. The first-order valence-corrected chi connectivity index (χ1v) is 4.10. The van der Waals surface area contributed by atoms with Gasteiger partial charge < -0.3 is 4.74 Å². The van der Waals surface area contributed by atoms with Crippen LogP contribution in [-0.4, -0.2) is 12.2 Å². The molecule has 3 saturated carbocycles. The number of ether oxygens (including phenoxy) is 1. The summed E-state index contributed by atoms with van der Waals surface area (Å²) in [4.78, 5) is 0. The van der Waals surface area contributed by atoms with E-state index in [1.54, 1.807) is 6.42 Å². The Labute approximate surface area is 54.4 Å². The third-order valence-electron chi connectivity index (χ3n) is 3.94. The highest BCUT2D eigenvalue weighted by Crippen LogP contribution is 2.73. The second-order valence-corrected chi connectivity index (χ2v) is 4.18. The Balaban J connectivity index is 1.81. The maximum atomic E-state index is 5.48. The summed E-state index contributed by atoms with van der Waals surface area (Å²) >= 11 is 0. The molecule has 0 radical (unpaired) electrons. The zero-order valence-corrected chi connectivity index (χ0v) is 5.29. The summed E-state index contributed by atoms with van der Waals surface area (Å²) in [5.41, 5.74) is 0. The third kappa shape index (κ3) is 0.277. The Morgan fingerprint density at radius 1 is 1.00 bits per heavy atom. The molecule has 6 unspecified atom stereocenters. The van der Waals surface area contributed by atoms with Gasteiger partial charge >= 0.3 is 0 Å². The summed E-state index contributed by atoms with van der Waals surface area (Å²) < 4.78 is 5.48. The summed E-state index contributed by atoms with van der Waals surface area (Å²) in [7, 11) is 0. The van der Waals surface area contributed by atoms with Crippen LogP contribution in [0.5, 0.6) is 0 Å². The Kier molecular flexibility index (Phi) is 0.387. The Hall–Kier alpha value is -0.0400. The molecule has 0 amide bonds. The van der Waals surface area contributed by atoms with E-state index in [-0.39, 0.29) is 0 Å². The van der Waals surface area contributed by atoms with E-state index >= 15 is 0 Å². The predicted octanol–water partition coefficient (Wildman–Crippen LogP) is 1.04. The minimum absolute atomic E-state index is 0.743. The van der Waals surface area contributed by atoms with Gasteiger partial charge in [-0.25, -0.2) is 0 Å². The molecule has 3 aliphatic carbocycles. The van der Waals surface area contributed by atoms with Crippen molar-refractivity contribution in [2.24, 2.45) is 23.7 Å². The summed E-state index contributed by atoms with van der Waals surface area (Å²) in [5.74, 6) is 4.53. The van der Waals surface area contributed by atoms with Gasteiger partial charge in [0.15, 0.2) is 0 Å². The lowest BCUT2D eigenvalue weighted by atomic mass is 9.76. The minimum Gasteiger partial charge on any atom is -0.369 e. The molecule has 0 aromatic carbocycles. The maximum Gasteiger partial charge on any atom is 0.0875 e. The lowest BCUT2D eigenvalue weighted by molar-refractivity contribution is 0.0969. The average Bonchev–Trinajstić information content (AvgIpc) is 2.69. The fraction of sp³-hybridized carbons (Fsp3) is 1.00. The van der Waals surface area contributed by atoms with Crippen LogP contribution in [0.2, 0.25) is 0 Å². The molecule has 1 heteroatoms. The number of hydrogen-bond donors (Lipinski definition) is 0. The van der Waals surface area contributed by atoms with E-state index < -0.39 is 0 Å². The van der Waals surface area contributed by atoms with Crippen LogP contribution in [0.15, 0.2) is 0 Å². The second kappa shape index (κ2) is 0.878. The molecule has 1 nitrogen and oxygen atoms in total. The molecule has 4 aliphatic rings. The van der Waals surface area contributed by atoms with Gasteiger partial charge in [0.05, 0.1) is 12.2 Å². The normalized spacial score (nSPS) is 80.0. The fourth-order valence-corrected chi connectivity index (χ4v) is 3.40. The lowest BCUT2D eigenvalue weighted by Crippen LogP contribution is -2.29. The summed E-state index contributed by atoms with van der Waals surface area (Å²) in [5, 5.41) is 0. The highest BCUT2D eigenvalue weighted by Gasteiger charge is 2.73. The molecule has 0 spiro atoms. The predicted molar refractivity (Wildman–Crippen MR) is 31.9 cm³/mol. The zero-order valence-electron chi connectivity index (χ0n) is 5.29.